The molecule has 0 amide bonds. The maximum atomic E-state index is 10.5. The Labute approximate surface area is 112 Å². The highest BCUT2D eigenvalue weighted by Crippen LogP contribution is 2.14. The molecule has 0 radical (unpaired) electrons. The number of hydrogen-bond donors (Lipinski definition) is 1. The molecule has 0 aliphatic rings. The van der Waals surface area contributed by atoms with Gasteiger partial charge in [-0.05, 0) is 17.7 Å². The number of halogens is 1. The normalized spacial score (nSPS) is 10.3. The Morgan fingerprint density at radius 3 is 2.78 bits per heavy atom. The number of carboxylic acids is 1. The Kier molecular flexibility index (Phi) is 3.99. The fraction of sp³-hybridized carbons (Fsp3) is 0.167. The van der Waals surface area contributed by atoms with E-state index in [0.29, 0.717) is 12.4 Å². The summed E-state index contributed by atoms with van der Waals surface area (Å²) in [5.41, 5.74) is 1.03. The van der Waals surface area contributed by atoms with Crippen LogP contribution in [0.2, 0.25) is 0 Å². The second-order valence-corrected chi connectivity index (χ2v) is 4.60. The van der Waals surface area contributed by atoms with Crippen molar-refractivity contribution < 1.29 is 14.6 Å². The second kappa shape index (κ2) is 5.68. The van der Waals surface area contributed by atoms with Crippen LogP contribution in [0.1, 0.15) is 5.56 Å². The quantitative estimate of drug-likeness (QED) is 0.920. The van der Waals surface area contributed by atoms with Gasteiger partial charge in [-0.25, -0.2) is 0 Å². The van der Waals surface area contributed by atoms with Gasteiger partial charge in [0.15, 0.2) is 5.75 Å². The van der Waals surface area contributed by atoms with E-state index in [4.69, 9.17) is 9.84 Å². The van der Waals surface area contributed by atoms with E-state index in [1.165, 1.54) is 10.9 Å². The molecule has 1 N–H and O–H groups in total. The molecule has 1 aromatic carbocycles. The summed E-state index contributed by atoms with van der Waals surface area (Å²) in [4.78, 5) is 10.5. The predicted octanol–water partition coefficient (Wildman–Crippen LogP) is 2.31. The average molecular weight is 311 g/mol. The van der Waals surface area contributed by atoms with E-state index in [1.54, 1.807) is 6.20 Å². The van der Waals surface area contributed by atoms with Crippen molar-refractivity contribution in [1.29, 1.82) is 0 Å². The first-order valence-corrected chi connectivity index (χ1v) is 6.04. The molecule has 0 saturated heterocycles. The van der Waals surface area contributed by atoms with Crippen molar-refractivity contribution in [3.63, 3.8) is 0 Å². The van der Waals surface area contributed by atoms with Crippen LogP contribution in [0.5, 0.6) is 5.75 Å². The van der Waals surface area contributed by atoms with Crippen LogP contribution in [-0.2, 0) is 17.9 Å². The van der Waals surface area contributed by atoms with Crippen LogP contribution >= 0.6 is 15.9 Å². The van der Waals surface area contributed by atoms with Gasteiger partial charge in [-0.3, -0.25) is 9.48 Å². The summed E-state index contributed by atoms with van der Waals surface area (Å²) in [6.07, 6.45) is 3.06. The van der Waals surface area contributed by atoms with Crippen LogP contribution in [0.4, 0.5) is 0 Å². The van der Waals surface area contributed by atoms with E-state index >= 15 is 0 Å². The fourth-order valence-electron chi connectivity index (χ4n) is 1.39. The first-order valence-electron chi connectivity index (χ1n) is 5.25. The standard InChI is InChI=1S/C12H11BrN2O3/c13-10-3-1-9(2-4-10)8-18-11-5-14-15(6-11)7-12(16)17/h1-6H,7-8H2,(H,16,17). The smallest absolute Gasteiger partial charge is 0.325 e. The number of hydrogen-bond acceptors (Lipinski definition) is 3. The van der Waals surface area contributed by atoms with Crippen LogP contribution in [-0.4, -0.2) is 20.9 Å². The van der Waals surface area contributed by atoms with Crippen molar-refractivity contribution in [3.05, 3.63) is 46.7 Å². The molecule has 0 aliphatic carbocycles. The Balaban J connectivity index is 1.92. The SMILES string of the molecule is O=C(O)Cn1cc(OCc2ccc(Br)cc2)cn1. The molecule has 1 aromatic heterocycles. The lowest BCUT2D eigenvalue weighted by Gasteiger charge is -2.03. The third kappa shape index (κ3) is 3.59. The number of ether oxygens (including phenoxy) is 1. The summed E-state index contributed by atoms with van der Waals surface area (Å²) in [5.74, 6) is -0.378. The maximum absolute atomic E-state index is 10.5. The minimum absolute atomic E-state index is 0.165. The van der Waals surface area contributed by atoms with E-state index in [2.05, 4.69) is 21.0 Å². The highest BCUT2D eigenvalue weighted by atomic mass is 79.9. The van der Waals surface area contributed by atoms with Crippen molar-refractivity contribution in [2.75, 3.05) is 0 Å². The van der Waals surface area contributed by atoms with Crippen molar-refractivity contribution in [2.45, 2.75) is 13.2 Å². The summed E-state index contributed by atoms with van der Waals surface area (Å²) in [5, 5.41) is 12.5. The first kappa shape index (κ1) is 12.6. The van der Waals surface area contributed by atoms with Crippen molar-refractivity contribution in [1.82, 2.24) is 9.78 Å². The van der Waals surface area contributed by atoms with E-state index in [1.807, 2.05) is 24.3 Å². The number of carbonyl (C=O) groups is 1. The van der Waals surface area contributed by atoms with Crippen molar-refractivity contribution in [2.24, 2.45) is 0 Å². The first-order chi connectivity index (χ1) is 8.63. The Hall–Kier alpha value is -1.82. The van der Waals surface area contributed by atoms with Gasteiger partial charge in [0, 0.05) is 4.47 Å². The molecule has 18 heavy (non-hydrogen) atoms. The predicted molar refractivity (Wildman–Crippen MR) is 68.3 cm³/mol. The molecular formula is C12H11BrN2O3. The molecule has 6 heteroatoms. The monoisotopic (exact) mass is 310 g/mol. The van der Waals surface area contributed by atoms with Gasteiger partial charge in [-0.1, -0.05) is 28.1 Å². The molecule has 1 heterocycles. The Bertz CT molecular complexity index is 537. The molecule has 94 valence electrons. The van der Waals surface area contributed by atoms with E-state index in [9.17, 15) is 4.79 Å². The molecule has 0 saturated carbocycles. The summed E-state index contributed by atoms with van der Waals surface area (Å²) in [6.45, 7) is 0.258. The largest absolute Gasteiger partial charge is 0.486 e. The van der Waals surface area contributed by atoms with Gasteiger partial charge in [0.1, 0.15) is 13.2 Å². The average Bonchev–Trinajstić information content (AvgIpc) is 2.75. The number of carboxylic acid groups (broad SMARTS) is 1. The van der Waals surface area contributed by atoms with Crippen LogP contribution in [0, 0.1) is 0 Å². The second-order valence-electron chi connectivity index (χ2n) is 3.68. The molecule has 0 fully saturated rings. The highest BCUT2D eigenvalue weighted by molar-refractivity contribution is 9.10. The lowest BCUT2D eigenvalue weighted by Crippen LogP contribution is -2.08. The number of aromatic nitrogens is 2. The highest BCUT2D eigenvalue weighted by Gasteiger charge is 2.03. The van der Waals surface area contributed by atoms with Crippen molar-refractivity contribution >= 4 is 21.9 Å². The number of aliphatic carboxylic acids is 1. The lowest BCUT2D eigenvalue weighted by molar-refractivity contribution is -0.137. The van der Waals surface area contributed by atoms with Gasteiger partial charge in [0.05, 0.1) is 12.4 Å². The van der Waals surface area contributed by atoms with E-state index in [-0.39, 0.29) is 6.54 Å². The number of rotatable bonds is 5. The maximum Gasteiger partial charge on any atom is 0.325 e. The molecule has 0 atom stereocenters. The van der Waals surface area contributed by atoms with Crippen molar-refractivity contribution in [3.8, 4) is 5.75 Å². The lowest BCUT2D eigenvalue weighted by atomic mass is 10.2. The Morgan fingerprint density at radius 1 is 1.39 bits per heavy atom. The fourth-order valence-corrected chi connectivity index (χ4v) is 1.66. The van der Waals surface area contributed by atoms with Gasteiger partial charge in [0.25, 0.3) is 0 Å². The van der Waals surface area contributed by atoms with E-state index in [0.717, 1.165) is 10.0 Å². The van der Waals surface area contributed by atoms with Crippen LogP contribution in [0.3, 0.4) is 0 Å². The van der Waals surface area contributed by atoms with Gasteiger partial charge < -0.3 is 9.84 Å². The summed E-state index contributed by atoms with van der Waals surface area (Å²) < 4.78 is 7.84. The van der Waals surface area contributed by atoms with Crippen LogP contribution < -0.4 is 4.74 Å². The molecule has 2 aromatic rings. The van der Waals surface area contributed by atoms with Gasteiger partial charge >= 0.3 is 5.97 Å². The van der Waals surface area contributed by atoms with Gasteiger partial charge in [-0.2, -0.15) is 5.10 Å². The minimum Gasteiger partial charge on any atom is -0.486 e. The zero-order valence-corrected chi connectivity index (χ0v) is 11.0. The van der Waals surface area contributed by atoms with Crippen LogP contribution in [0.25, 0.3) is 0 Å². The molecule has 0 unspecified atom stereocenters. The van der Waals surface area contributed by atoms with Gasteiger partial charge in [-0.15, -0.1) is 0 Å². The molecule has 0 aliphatic heterocycles. The zero-order chi connectivity index (χ0) is 13.0. The van der Waals surface area contributed by atoms with Gasteiger partial charge in [0.2, 0.25) is 0 Å². The molecule has 0 spiro atoms. The third-order valence-electron chi connectivity index (χ3n) is 2.23. The molecule has 0 bridgehead atoms. The molecule has 2 rings (SSSR count). The Morgan fingerprint density at radius 2 is 2.11 bits per heavy atom. The topological polar surface area (TPSA) is 64.3 Å². The summed E-state index contributed by atoms with van der Waals surface area (Å²) in [6, 6.07) is 7.77. The van der Waals surface area contributed by atoms with Crippen LogP contribution in [0.15, 0.2) is 41.1 Å². The third-order valence-corrected chi connectivity index (χ3v) is 2.75. The summed E-state index contributed by atoms with van der Waals surface area (Å²) >= 11 is 3.36. The molecular weight excluding hydrogens is 300 g/mol. The zero-order valence-electron chi connectivity index (χ0n) is 9.41. The minimum atomic E-state index is -0.933. The molecule has 5 nitrogen and oxygen atoms in total. The number of benzene rings is 1. The van der Waals surface area contributed by atoms with E-state index < -0.39 is 5.97 Å². The summed E-state index contributed by atoms with van der Waals surface area (Å²) in [7, 11) is 0. The number of nitrogens with zero attached hydrogens (tertiary/aromatic N) is 2.